The van der Waals surface area contributed by atoms with E-state index in [1.165, 1.54) is 4.90 Å². The lowest BCUT2D eigenvalue weighted by atomic mass is 9.96. The molecule has 1 aliphatic heterocycles. The lowest BCUT2D eigenvalue weighted by Crippen LogP contribution is -3.05. The van der Waals surface area contributed by atoms with Crippen molar-refractivity contribution in [1.82, 2.24) is 9.88 Å². The molecule has 30 heavy (non-hydrogen) atoms. The molecule has 7 nitrogen and oxygen atoms in total. The number of carbonyl (C=O) groups excluding carboxylic acids is 2. The van der Waals surface area contributed by atoms with E-state index in [2.05, 4.69) is 4.98 Å². The molecule has 0 unspecified atom stereocenters. The van der Waals surface area contributed by atoms with Crippen LogP contribution in [-0.4, -0.2) is 53.9 Å². The maximum atomic E-state index is 13.4. The Balaban J connectivity index is 1.73. The van der Waals surface area contributed by atoms with Crippen LogP contribution in [0.15, 0.2) is 70.6 Å². The van der Waals surface area contributed by atoms with Gasteiger partial charge in [0.1, 0.15) is 5.58 Å². The van der Waals surface area contributed by atoms with Crippen molar-refractivity contribution in [2.45, 2.75) is 12.5 Å². The van der Waals surface area contributed by atoms with Crippen LogP contribution in [0.1, 0.15) is 28.6 Å². The Bertz CT molecular complexity index is 1080. The number of nitrogens with one attached hydrogen (secondary N) is 1. The maximum Gasteiger partial charge on any atom is 0.290 e. The maximum absolute atomic E-state index is 13.4. The molecule has 0 spiro atoms. The van der Waals surface area contributed by atoms with Crippen molar-refractivity contribution in [3.05, 3.63) is 77.5 Å². The van der Waals surface area contributed by atoms with Gasteiger partial charge >= 0.3 is 0 Å². The SMILES string of the molecule is C[NH+](C)CCCN1C(=O)C(O)=C(C(=O)c2cc3ccccc3o2)[C@H]1c1cccnc1. The Morgan fingerprint density at radius 2 is 2.03 bits per heavy atom. The van der Waals surface area contributed by atoms with Gasteiger partial charge in [0.15, 0.2) is 11.5 Å². The standard InChI is InChI=1S/C23H23N3O4/c1-25(2)11-6-12-26-20(16-8-5-10-24-14-16)19(22(28)23(26)29)21(27)18-13-15-7-3-4-9-17(15)30-18/h3-5,7-10,13-14,20,28H,6,11-12H2,1-2H3/p+1/t20-/m1/s1. The second-order valence-corrected chi connectivity index (χ2v) is 7.74. The van der Waals surface area contributed by atoms with Gasteiger partial charge in [0.2, 0.25) is 5.78 Å². The van der Waals surface area contributed by atoms with Crippen LogP contribution in [0, 0.1) is 0 Å². The highest BCUT2D eigenvalue weighted by Crippen LogP contribution is 2.39. The summed E-state index contributed by atoms with van der Waals surface area (Å²) in [6.07, 6.45) is 3.99. The number of aliphatic hydroxyl groups is 1. The number of benzene rings is 1. The fourth-order valence-electron chi connectivity index (χ4n) is 3.83. The van der Waals surface area contributed by atoms with Gasteiger partial charge in [-0.3, -0.25) is 14.6 Å². The summed E-state index contributed by atoms with van der Waals surface area (Å²) in [5.41, 5.74) is 1.28. The number of ketones is 1. The van der Waals surface area contributed by atoms with Crippen molar-refractivity contribution in [2.24, 2.45) is 0 Å². The summed E-state index contributed by atoms with van der Waals surface area (Å²) in [6.45, 7) is 1.28. The number of quaternary nitrogens is 1. The molecule has 0 aliphatic carbocycles. The highest BCUT2D eigenvalue weighted by molar-refractivity contribution is 6.15. The summed E-state index contributed by atoms with van der Waals surface area (Å²) < 4.78 is 5.71. The third-order valence-corrected chi connectivity index (χ3v) is 5.27. The summed E-state index contributed by atoms with van der Waals surface area (Å²) >= 11 is 0. The number of hydrogen-bond acceptors (Lipinski definition) is 5. The Kier molecular flexibility index (Phi) is 5.37. The van der Waals surface area contributed by atoms with Gasteiger partial charge in [-0.25, -0.2) is 0 Å². The summed E-state index contributed by atoms with van der Waals surface area (Å²) in [4.78, 5) is 33.2. The zero-order valence-corrected chi connectivity index (χ0v) is 17.0. The van der Waals surface area contributed by atoms with Crippen molar-refractivity contribution in [3.63, 3.8) is 0 Å². The van der Waals surface area contributed by atoms with E-state index in [9.17, 15) is 14.7 Å². The molecular formula is C23H24N3O4+. The van der Waals surface area contributed by atoms with Crippen molar-refractivity contribution in [2.75, 3.05) is 27.2 Å². The first-order valence-electron chi connectivity index (χ1n) is 9.93. The molecule has 0 saturated carbocycles. The van der Waals surface area contributed by atoms with Crippen molar-refractivity contribution >= 4 is 22.7 Å². The number of hydrogen-bond donors (Lipinski definition) is 2. The van der Waals surface area contributed by atoms with Crippen LogP contribution < -0.4 is 4.90 Å². The number of rotatable bonds is 7. The van der Waals surface area contributed by atoms with Crippen molar-refractivity contribution in [1.29, 1.82) is 0 Å². The first kappa shape index (κ1) is 19.8. The highest BCUT2D eigenvalue weighted by Gasteiger charge is 2.44. The molecule has 0 saturated heterocycles. The number of Topliss-reactive ketones (excluding diaryl/α,β-unsaturated/α-hetero) is 1. The number of amides is 1. The van der Waals surface area contributed by atoms with E-state index in [0.29, 0.717) is 17.7 Å². The predicted octanol–water partition coefficient (Wildman–Crippen LogP) is 1.94. The van der Waals surface area contributed by atoms with Gasteiger partial charge in [0, 0.05) is 30.7 Å². The minimum Gasteiger partial charge on any atom is -0.503 e. The molecule has 7 heteroatoms. The Morgan fingerprint density at radius 1 is 1.23 bits per heavy atom. The quantitative estimate of drug-likeness (QED) is 0.586. The molecule has 0 fully saturated rings. The van der Waals surface area contributed by atoms with E-state index in [1.54, 1.807) is 41.6 Å². The summed E-state index contributed by atoms with van der Waals surface area (Å²) in [5.74, 6) is -1.46. The van der Waals surface area contributed by atoms with E-state index >= 15 is 0 Å². The van der Waals surface area contributed by atoms with E-state index < -0.39 is 23.5 Å². The molecule has 1 amide bonds. The molecule has 3 heterocycles. The minimum atomic E-state index is -0.705. The molecule has 1 aromatic carbocycles. The van der Waals surface area contributed by atoms with Crippen LogP contribution in [-0.2, 0) is 4.79 Å². The number of para-hydroxylation sites is 1. The Hall–Kier alpha value is -3.45. The van der Waals surface area contributed by atoms with Crippen LogP contribution in [0.5, 0.6) is 0 Å². The molecule has 2 aromatic heterocycles. The molecule has 2 N–H and O–H groups in total. The molecule has 4 rings (SSSR count). The van der Waals surface area contributed by atoms with E-state index in [0.717, 1.165) is 18.4 Å². The fourth-order valence-corrected chi connectivity index (χ4v) is 3.83. The van der Waals surface area contributed by atoms with Crippen LogP contribution >= 0.6 is 0 Å². The Morgan fingerprint density at radius 3 is 2.73 bits per heavy atom. The zero-order chi connectivity index (χ0) is 21.3. The number of aliphatic hydroxyl groups excluding tert-OH is 1. The molecular weight excluding hydrogens is 382 g/mol. The first-order chi connectivity index (χ1) is 14.5. The summed E-state index contributed by atoms with van der Waals surface area (Å²) in [7, 11) is 4.08. The lowest BCUT2D eigenvalue weighted by Gasteiger charge is -2.26. The van der Waals surface area contributed by atoms with Gasteiger partial charge < -0.3 is 19.3 Å². The monoisotopic (exact) mass is 406 g/mol. The van der Waals surface area contributed by atoms with Gasteiger partial charge in [0.25, 0.3) is 5.91 Å². The largest absolute Gasteiger partial charge is 0.503 e. The van der Waals surface area contributed by atoms with Gasteiger partial charge in [-0.2, -0.15) is 0 Å². The molecule has 0 bridgehead atoms. The number of furan rings is 1. The number of carbonyl (C=O) groups is 2. The Labute approximate surface area is 174 Å². The lowest BCUT2D eigenvalue weighted by molar-refractivity contribution is -0.858. The second-order valence-electron chi connectivity index (χ2n) is 7.74. The van der Waals surface area contributed by atoms with Gasteiger partial charge in [-0.15, -0.1) is 0 Å². The third-order valence-electron chi connectivity index (χ3n) is 5.27. The van der Waals surface area contributed by atoms with Crippen molar-refractivity contribution in [3.8, 4) is 0 Å². The normalized spacial score (nSPS) is 16.8. The van der Waals surface area contributed by atoms with Crippen LogP contribution in [0.4, 0.5) is 0 Å². The smallest absolute Gasteiger partial charge is 0.290 e. The van der Waals surface area contributed by atoms with Crippen molar-refractivity contribution < 1.29 is 24.0 Å². The van der Waals surface area contributed by atoms with Crippen LogP contribution in [0.25, 0.3) is 11.0 Å². The van der Waals surface area contributed by atoms with E-state index in [1.807, 2.05) is 32.3 Å². The fraction of sp³-hybridized carbons (Fsp3) is 0.261. The molecule has 1 atom stereocenters. The summed E-state index contributed by atoms with van der Waals surface area (Å²) in [6, 6.07) is 11.8. The number of pyridine rings is 1. The number of fused-ring (bicyclic) bond motifs is 1. The topological polar surface area (TPSA) is 88.1 Å². The summed E-state index contributed by atoms with van der Waals surface area (Å²) in [5, 5.41) is 11.5. The first-order valence-corrected chi connectivity index (χ1v) is 9.93. The highest BCUT2D eigenvalue weighted by atomic mass is 16.3. The third kappa shape index (κ3) is 3.59. The number of aromatic nitrogens is 1. The zero-order valence-electron chi connectivity index (χ0n) is 17.0. The molecule has 154 valence electrons. The average Bonchev–Trinajstić information content (AvgIpc) is 3.28. The minimum absolute atomic E-state index is 0.0317. The average molecular weight is 406 g/mol. The van der Waals surface area contributed by atoms with E-state index in [-0.39, 0.29) is 11.3 Å². The van der Waals surface area contributed by atoms with Gasteiger partial charge in [-0.05, 0) is 23.8 Å². The molecule has 3 aromatic rings. The van der Waals surface area contributed by atoms with E-state index in [4.69, 9.17) is 4.42 Å². The number of nitrogens with zero attached hydrogens (tertiary/aromatic N) is 2. The van der Waals surface area contributed by atoms with Gasteiger partial charge in [0.05, 0.1) is 32.3 Å². The van der Waals surface area contributed by atoms with Gasteiger partial charge in [-0.1, -0.05) is 24.3 Å². The van der Waals surface area contributed by atoms with Crippen LogP contribution in [0.2, 0.25) is 0 Å². The second kappa shape index (κ2) is 8.12. The predicted molar refractivity (Wildman–Crippen MR) is 111 cm³/mol. The molecule has 1 aliphatic rings. The van der Waals surface area contributed by atoms with Crippen LogP contribution in [0.3, 0.4) is 0 Å². The molecule has 0 radical (unpaired) electrons.